The van der Waals surface area contributed by atoms with Crippen molar-refractivity contribution in [1.82, 2.24) is 0 Å². The summed E-state index contributed by atoms with van der Waals surface area (Å²) in [5.41, 5.74) is 7.84. The average molecular weight is 342 g/mol. The molecule has 2 rings (SSSR count). The molecule has 0 radical (unpaired) electrons. The summed E-state index contributed by atoms with van der Waals surface area (Å²) < 4.78 is 14.0. The summed E-state index contributed by atoms with van der Waals surface area (Å²) in [6.45, 7) is 6.96. The number of halogens is 2. The van der Waals surface area contributed by atoms with Crippen LogP contribution >= 0.6 is 15.9 Å². The SMILES string of the molecule is CC(C)(C)C1CCC(N)C(Cc2ccc(F)cc2Br)C1. The van der Waals surface area contributed by atoms with Crippen molar-refractivity contribution in [2.24, 2.45) is 23.0 Å². The molecule has 1 aliphatic rings. The van der Waals surface area contributed by atoms with Crippen LogP contribution in [0.1, 0.15) is 45.6 Å². The molecule has 3 heteroatoms. The van der Waals surface area contributed by atoms with Crippen LogP contribution in [0.5, 0.6) is 0 Å². The van der Waals surface area contributed by atoms with E-state index in [0.717, 1.165) is 23.2 Å². The van der Waals surface area contributed by atoms with E-state index >= 15 is 0 Å². The van der Waals surface area contributed by atoms with E-state index < -0.39 is 0 Å². The molecule has 112 valence electrons. The van der Waals surface area contributed by atoms with Gasteiger partial charge in [0.2, 0.25) is 0 Å². The first-order valence-electron chi connectivity index (χ1n) is 7.47. The highest BCUT2D eigenvalue weighted by molar-refractivity contribution is 9.10. The van der Waals surface area contributed by atoms with Gasteiger partial charge in [0, 0.05) is 10.5 Å². The van der Waals surface area contributed by atoms with E-state index in [1.165, 1.54) is 24.5 Å². The monoisotopic (exact) mass is 341 g/mol. The fraction of sp³-hybridized carbons (Fsp3) is 0.647. The van der Waals surface area contributed by atoms with Crippen molar-refractivity contribution in [2.45, 2.75) is 52.5 Å². The van der Waals surface area contributed by atoms with Gasteiger partial charge >= 0.3 is 0 Å². The molecule has 0 amide bonds. The first-order chi connectivity index (χ1) is 9.27. The van der Waals surface area contributed by atoms with Crippen LogP contribution in [0.2, 0.25) is 0 Å². The molecular weight excluding hydrogens is 317 g/mol. The molecule has 0 aromatic heterocycles. The highest BCUT2D eigenvalue weighted by atomic mass is 79.9. The zero-order valence-corrected chi connectivity index (χ0v) is 14.2. The minimum atomic E-state index is -0.193. The van der Waals surface area contributed by atoms with Crippen LogP contribution in [-0.4, -0.2) is 6.04 Å². The van der Waals surface area contributed by atoms with Crippen molar-refractivity contribution in [2.75, 3.05) is 0 Å². The van der Waals surface area contributed by atoms with Gasteiger partial charge in [-0.3, -0.25) is 0 Å². The fourth-order valence-electron chi connectivity index (χ4n) is 3.28. The van der Waals surface area contributed by atoms with E-state index in [1.807, 2.05) is 6.07 Å². The summed E-state index contributed by atoms with van der Waals surface area (Å²) >= 11 is 3.47. The largest absolute Gasteiger partial charge is 0.327 e. The zero-order chi connectivity index (χ0) is 14.9. The predicted octanol–water partition coefficient (Wildman–Crippen LogP) is 4.92. The molecule has 1 aliphatic carbocycles. The normalized spacial score (nSPS) is 27.6. The second-order valence-electron chi connectivity index (χ2n) is 7.24. The lowest BCUT2D eigenvalue weighted by Gasteiger charge is -2.41. The highest BCUT2D eigenvalue weighted by Crippen LogP contribution is 2.41. The van der Waals surface area contributed by atoms with Gasteiger partial charge in [-0.25, -0.2) is 4.39 Å². The molecule has 1 aromatic carbocycles. The number of rotatable bonds is 2. The van der Waals surface area contributed by atoms with Crippen LogP contribution < -0.4 is 5.73 Å². The van der Waals surface area contributed by atoms with Crippen LogP contribution in [0.4, 0.5) is 4.39 Å². The van der Waals surface area contributed by atoms with E-state index in [4.69, 9.17) is 5.73 Å². The summed E-state index contributed by atoms with van der Waals surface area (Å²) in [6.07, 6.45) is 4.44. The minimum absolute atomic E-state index is 0.193. The van der Waals surface area contributed by atoms with Gasteiger partial charge in [0.15, 0.2) is 0 Å². The summed E-state index contributed by atoms with van der Waals surface area (Å²) in [5.74, 6) is 1.03. The first-order valence-corrected chi connectivity index (χ1v) is 8.26. The Morgan fingerprint density at radius 2 is 2.00 bits per heavy atom. The molecule has 1 aromatic rings. The Balaban J connectivity index is 2.10. The standard InChI is InChI=1S/C17H25BrFN/c1-17(2,3)13-5-7-16(20)12(9-13)8-11-4-6-14(19)10-15(11)18/h4,6,10,12-13,16H,5,7-9,20H2,1-3H3. The Morgan fingerprint density at radius 1 is 1.30 bits per heavy atom. The number of hydrogen-bond acceptors (Lipinski definition) is 1. The second-order valence-corrected chi connectivity index (χ2v) is 8.09. The number of nitrogens with two attached hydrogens (primary N) is 1. The maximum Gasteiger partial charge on any atom is 0.124 e. The molecule has 0 heterocycles. The lowest BCUT2D eigenvalue weighted by molar-refractivity contribution is 0.126. The smallest absolute Gasteiger partial charge is 0.124 e. The van der Waals surface area contributed by atoms with Gasteiger partial charge < -0.3 is 5.73 Å². The Bertz CT molecular complexity index is 467. The average Bonchev–Trinajstić information content (AvgIpc) is 2.33. The van der Waals surface area contributed by atoms with Gasteiger partial charge in [-0.2, -0.15) is 0 Å². The molecule has 0 aliphatic heterocycles. The fourth-order valence-corrected chi connectivity index (χ4v) is 3.79. The molecule has 20 heavy (non-hydrogen) atoms. The molecule has 1 fully saturated rings. The minimum Gasteiger partial charge on any atom is -0.327 e. The lowest BCUT2D eigenvalue weighted by Crippen LogP contribution is -2.40. The van der Waals surface area contributed by atoms with Gasteiger partial charge in [0.25, 0.3) is 0 Å². The van der Waals surface area contributed by atoms with Gasteiger partial charge in [0.05, 0.1) is 0 Å². The Kier molecular flexibility index (Phi) is 4.91. The third-order valence-corrected chi connectivity index (χ3v) is 5.50. The summed E-state index contributed by atoms with van der Waals surface area (Å²) in [4.78, 5) is 0. The molecule has 0 saturated heterocycles. The van der Waals surface area contributed by atoms with Gasteiger partial charge in [-0.1, -0.05) is 42.8 Å². The van der Waals surface area contributed by atoms with Gasteiger partial charge in [0.1, 0.15) is 5.82 Å². The third kappa shape index (κ3) is 3.82. The molecule has 0 bridgehead atoms. The van der Waals surface area contributed by atoms with E-state index in [9.17, 15) is 4.39 Å². The van der Waals surface area contributed by atoms with E-state index in [1.54, 1.807) is 6.07 Å². The van der Waals surface area contributed by atoms with Gasteiger partial charge in [-0.05, 0) is 60.6 Å². The van der Waals surface area contributed by atoms with Crippen LogP contribution in [0.3, 0.4) is 0 Å². The summed E-state index contributed by atoms with van der Waals surface area (Å²) in [6, 6.07) is 5.23. The molecule has 1 nitrogen and oxygen atoms in total. The van der Waals surface area contributed by atoms with E-state index in [2.05, 4.69) is 36.7 Å². The van der Waals surface area contributed by atoms with Crippen LogP contribution in [0.25, 0.3) is 0 Å². The van der Waals surface area contributed by atoms with Gasteiger partial charge in [-0.15, -0.1) is 0 Å². The molecule has 2 N–H and O–H groups in total. The predicted molar refractivity (Wildman–Crippen MR) is 86.1 cm³/mol. The van der Waals surface area contributed by atoms with Crippen molar-refractivity contribution in [3.63, 3.8) is 0 Å². The zero-order valence-electron chi connectivity index (χ0n) is 12.6. The molecule has 0 spiro atoms. The lowest BCUT2D eigenvalue weighted by atomic mass is 9.66. The van der Waals surface area contributed by atoms with Crippen molar-refractivity contribution in [3.8, 4) is 0 Å². The first kappa shape index (κ1) is 16.0. The van der Waals surface area contributed by atoms with E-state index in [-0.39, 0.29) is 11.9 Å². The number of hydrogen-bond donors (Lipinski definition) is 1. The van der Waals surface area contributed by atoms with Crippen LogP contribution in [0.15, 0.2) is 22.7 Å². The maximum atomic E-state index is 13.2. The molecular formula is C17H25BrFN. The van der Waals surface area contributed by atoms with E-state index in [0.29, 0.717) is 11.3 Å². The Hall–Kier alpha value is -0.410. The van der Waals surface area contributed by atoms with Crippen molar-refractivity contribution in [1.29, 1.82) is 0 Å². The maximum absolute atomic E-state index is 13.2. The summed E-state index contributed by atoms with van der Waals surface area (Å²) in [7, 11) is 0. The second kappa shape index (κ2) is 6.15. The number of benzene rings is 1. The quantitative estimate of drug-likeness (QED) is 0.811. The molecule has 3 unspecified atom stereocenters. The van der Waals surface area contributed by atoms with Crippen molar-refractivity contribution in [3.05, 3.63) is 34.1 Å². The van der Waals surface area contributed by atoms with Crippen molar-refractivity contribution >= 4 is 15.9 Å². The Labute approximate surface area is 130 Å². The molecule has 3 atom stereocenters. The third-order valence-electron chi connectivity index (χ3n) is 4.76. The van der Waals surface area contributed by atoms with Crippen molar-refractivity contribution < 1.29 is 4.39 Å². The van der Waals surface area contributed by atoms with Crippen LogP contribution in [-0.2, 0) is 6.42 Å². The summed E-state index contributed by atoms with van der Waals surface area (Å²) in [5, 5.41) is 0. The van der Waals surface area contributed by atoms with Crippen LogP contribution in [0, 0.1) is 23.1 Å². The topological polar surface area (TPSA) is 26.0 Å². The molecule has 1 saturated carbocycles. The Morgan fingerprint density at radius 3 is 2.60 bits per heavy atom. The highest BCUT2D eigenvalue weighted by Gasteiger charge is 2.34.